The van der Waals surface area contributed by atoms with Crippen molar-refractivity contribution < 1.29 is 27.8 Å². The molecule has 0 saturated heterocycles. The van der Waals surface area contributed by atoms with E-state index in [1.54, 1.807) is 14.2 Å². The molecule has 0 saturated carbocycles. The summed E-state index contributed by atoms with van der Waals surface area (Å²) in [6.45, 7) is 3.14. The molecule has 0 aromatic heterocycles. The lowest BCUT2D eigenvalue weighted by Crippen LogP contribution is -2.41. The molecule has 2 atom stereocenters. The van der Waals surface area contributed by atoms with Gasteiger partial charge in [-0.25, -0.2) is 0 Å². The highest BCUT2D eigenvalue weighted by Crippen LogP contribution is 2.35. The number of hydrogen-bond donors (Lipinski definition) is 1. The van der Waals surface area contributed by atoms with Crippen molar-refractivity contribution in [3.63, 3.8) is 0 Å². The number of hydrogen-bond acceptors (Lipinski definition) is 4. The van der Waals surface area contributed by atoms with Gasteiger partial charge in [0.2, 0.25) is 0 Å². The molecule has 2 unspecified atom stereocenters. The van der Waals surface area contributed by atoms with Crippen LogP contribution in [0.25, 0.3) is 0 Å². The van der Waals surface area contributed by atoms with E-state index >= 15 is 0 Å². The SMILES string of the molecule is CCN(CC(O)c1ccc(C(F)(F)F)cc1)C1CCc2cc(OC)c(OC)cc2C1. The van der Waals surface area contributed by atoms with Crippen LogP contribution in [0, 0.1) is 0 Å². The summed E-state index contributed by atoms with van der Waals surface area (Å²) in [6.07, 6.45) is -2.57. The van der Waals surface area contributed by atoms with Crippen molar-refractivity contribution in [3.05, 3.63) is 58.7 Å². The Hall–Kier alpha value is -2.25. The van der Waals surface area contributed by atoms with Gasteiger partial charge in [0.15, 0.2) is 11.5 Å². The standard InChI is InChI=1S/C23H28F3NO3/c1-4-27(14-20(28)15-5-8-18(9-6-15)23(24,25)26)19-10-7-16-12-21(29-2)22(30-3)13-17(16)11-19/h5-6,8-9,12-13,19-20,28H,4,7,10-11,14H2,1-3H3. The lowest BCUT2D eigenvalue weighted by atomic mass is 9.86. The van der Waals surface area contributed by atoms with Crippen LogP contribution in [0.5, 0.6) is 11.5 Å². The minimum Gasteiger partial charge on any atom is -0.493 e. The van der Waals surface area contributed by atoms with Gasteiger partial charge in [0.25, 0.3) is 0 Å². The van der Waals surface area contributed by atoms with Crippen molar-refractivity contribution >= 4 is 0 Å². The normalized spacial score (nSPS) is 17.5. The number of fused-ring (bicyclic) bond motifs is 1. The number of aryl methyl sites for hydroxylation is 1. The maximum absolute atomic E-state index is 12.8. The monoisotopic (exact) mass is 423 g/mol. The second kappa shape index (κ2) is 9.27. The van der Waals surface area contributed by atoms with E-state index in [4.69, 9.17) is 9.47 Å². The van der Waals surface area contributed by atoms with Gasteiger partial charge in [-0.3, -0.25) is 4.90 Å². The van der Waals surface area contributed by atoms with Crippen molar-refractivity contribution in [3.8, 4) is 11.5 Å². The molecule has 1 aliphatic rings. The first-order valence-corrected chi connectivity index (χ1v) is 10.1. The predicted octanol–water partition coefficient (Wildman–Crippen LogP) is 4.64. The van der Waals surface area contributed by atoms with E-state index in [9.17, 15) is 18.3 Å². The van der Waals surface area contributed by atoms with Gasteiger partial charge in [0, 0.05) is 12.6 Å². The van der Waals surface area contributed by atoms with Gasteiger partial charge in [-0.2, -0.15) is 13.2 Å². The minimum absolute atomic E-state index is 0.240. The van der Waals surface area contributed by atoms with Crippen molar-refractivity contribution in [2.75, 3.05) is 27.3 Å². The molecular formula is C23H28F3NO3. The molecule has 0 spiro atoms. The highest BCUT2D eigenvalue weighted by atomic mass is 19.4. The molecule has 0 bridgehead atoms. The van der Waals surface area contributed by atoms with E-state index in [-0.39, 0.29) is 6.04 Å². The third-order valence-electron chi connectivity index (χ3n) is 5.86. The summed E-state index contributed by atoms with van der Waals surface area (Å²) in [6, 6.07) is 9.03. The number of likely N-dealkylation sites (N-methyl/N-ethyl adjacent to an activating group) is 1. The summed E-state index contributed by atoms with van der Waals surface area (Å²) in [5, 5.41) is 10.6. The third kappa shape index (κ3) is 4.90. The van der Waals surface area contributed by atoms with Crippen molar-refractivity contribution in [1.29, 1.82) is 0 Å². The first-order valence-electron chi connectivity index (χ1n) is 10.1. The first kappa shape index (κ1) is 22.4. The fourth-order valence-electron chi connectivity index (χ4n) is 4.13. The van der Waals surface area contributed by atoms with Crippen LogP contribution in [0.3, 0.4) is 0 Å². The summed E-state index contributed by atoms with van der Waals surface area (Å²) in [5.41, 5.74) is 2.22. The van der Waals surface area contributed by atoms with Crippen LogP contribution in [-0.4, -0.2) is 43.4 Å². The van der Waals surface area contributed by atoms with Gasteiger partial charge in [0.1, 0.15) is 0 Å². The molecular weight excluding hydrogens is 395 g/mol. The number of aliphatic hydroxyl groups is 1. The molecule has 3 rings (SSSR count). The van der Waals surface area contributed by atoms with Crippen LogP contribution >= 0.6 is 0 Å². The Morgan fingerprint density at radius 3 is 2.20 bits per heavy atom. The van der Waals surface area contributed by atoms with E-state index in [2.05, 4.69) is 4.90 Å². The average molecular weight is 423 g/mol. The van der Waals surface area contributed by atoms with E-state index in [0.29, 0.717) is 17.9 Å². The largest absolute Gasteiger partial charge is 0.493 e. The molecule has 4 nitrogen and oxygen atoms in total. The minimum atomic E-state index is -4.38. The summed E-state index contributed by atoms with van der Waals surface area (Å²) in [4.78, 5) is 2.20. The number of aliphatic hydroxyl groups excluding tert-OH is 1. The van der Waals surface area contributed by atoms with E-state index in [0.717, 1.165) is 43.7 Å². The van der Waals surface area contributed by atoms with Crippen LogP contribution in [0.15, 0.2) is 36.4 Å². The highest BCUT2D eigenvalue weighted by Gasteiger charge is 2.31. The average Bonchev–Trinajstić information content (AvgIpc) is 2.75. The Kier molecular flexibility index (Phi) is 6.93. The number of methoxy groups -OCH3 is 2. The molecule has 164 valence electrons. The summed E-state index contributed by atoms with van der Waals surface area (Å²) in [5.74, 6) is 1.42. The first-order chi connectivity index (χ1) is 14.3. The number of rotatable bonds is 7. The van der Waals surface area contributed by atoms with Gasteiger partial charge in [-0.1, -0.05) is 19.1 Å². The van der Waals surface area contributed by atoms with E-state index in [1.165, 1.54) is 23.3 Å². The summed E-state index contributed by atoms with van der Waals surface area (Å²) < 4.78 is 49.1. The highest BCUT2D eigenvalue weighted by molar-refractivity contribution is 5.48. The third-order valence-corrected chi connectivity index (χ3v) is 5.86. The molecule has 0 fully saturated rings. The van der Waals surface area contributed by atoms with Gasteiger partial charge < -0.3 is 14.6 Å². The topological polar surface area (TPSA) is 41.9 Å². The lowest BCUT2D eigenvalue weighted by molar-refractivity contribution is -0.137. The van der Waals surface area contributed by atoms with Crippen molar-refractivity contribution in [1.82, 2.24) is 4.90 Å². The molecule has 0 radical (unpaired) electrons. The zero-order valence-electron chi connectivity index (χ0n) is 17.5. The van der Waals surface area contributed by atoms with Crippen molar-refractivity contribution in [2.45, 2.75) is 44.5 Å². The molecule has 0 amide bonds. The Balaban J connectivity index is 1.71. The fourth-order valence-corrected chi connectivity index (χ4v) is 4.13. The van der Waals surface area contributed by atoms with Crippen LogP contribution in [0.2, 0.25) is 0 Å². The van der Waals surface area contributed by atoms with E-state index < -0.39 is 17.8 Å². The van der Waals surface area contributed by atoms with Crippen LogP contribution in [-0.2, 0) is 19.0 Å². The number of halogens is 3. The number of nitrogens with zero attached hydrogens (tertiary/aromatic N) is 1. The molecule has 2 aromatic rings. The molecule has 7 heteroatoms. The molecule has 30 heavy (non-hydrogen) atoms. The summed E-state index contributed by atoms with van der Waals surface area (Å²) in [7, 11) is 3.24. The smallest absolute Gasteiger partial charge is 0.416 e. The quantitative estimate of drug-likeness (QED) is 0.705. The number of alkyl halides is 3. The van der Waals surface area contributed by atoms with E-state index in [1.807, 2.05) is 19.1 Å². The Bertz CT molecular complexity index is 852. The second-order valence-corrected chi connectivity index (χ2v) is 7.60. The molecule has 0 aliphatic heterocycles. The molecule has 2 aromatic carbocycles. The lowest BCUT2D eigenvalue weighted by Gasteiger charge is -2.36. The number of benzene rings is 2. The predicted molar refractivity (Wildman–Crippen MR) is 109 cm³/mol. The second-order valence-electron chi connectivity index (χ2n) is 7.60. The molecule has 1 N–H and O–H groups in total. The van der Waals surface area contributed by atoms with Gasteiger partial charge in [0.05, 0.1) is 25.9 Å². The van der Waals surface area contributed by atoms with Gasteiger partial charge in [-0.05, 0) is 66.8 Å². The van der Waals surface area contributed by atoms with Gasteiger partial charge >= 0.3 is 6.18 Å². The van der Waals surface area contributed by atoms with Crippen LogP contribution in [0.4, 0.5) is 13.2 Å². The maximum Gasteiger partial charge on any atom is 0.416 e. The van der Waals surface area contributed by atoms with Crippen molar-refractivity contribution in [2.24, 2.45) is 0 Å². The van der Waals surface area contributed by atoms with Crippen LogP contribution in [0.1, 0.15) is 41.7 Å². The van der Waals surface area contributed by atoms with Crippen LogP contribution < -0.4 is 9.47 Å². The zero-order valence-corrected chi connectivity index (χ0v) is 17.5. The Morgan fingerprint density at radius 1 is 1.07 bits per heavy atom. The zero-order chi connectivity index (χ0) is 21.9. The Morgan fingerprint density at radius 2 is 1.67 bits per heavy atom. The molecule has 0 heterocycles. The maximum atomic E-state index is 12.8. The van der Waals surface area contributed by atoms with Gasteiger partial charge in [-0.15, -0.1) is 0 Å². The molecule has 1 aliphatic carbocycles. The Labute approximate surface area is 175 Å². The summed E-state index contributed by atoms with van der Waals surface area (Å²) >= 11 is 0. The fraction of sp³-hybridized carbons (Fsp3) is 0.478. The number of ether oxygens (including phenoxy) is 2.